The Morgan fingerprint density at radius 1 is 0.750 bits per heavy atom. The lowest BCUT2D eigenvalue weighted by molar-refractivity contribution is 0.248. The number of sulfone groups is 2. The molecule has 0 bridgehead atoms. The number of hydrogen-bond donors (Lipinski definition) is 4. The van der Waals surface area contributed by atoms with Crippen LogP contribution in [-0.2, 0) is 19.7 Å². The topological polar surface area (TPSA) is 151 Å². The van der Waals surface area contributed by atoms with Crippen molar-refractivity contribution in [1.82, 2.24) is 10.6 Å². The molecule has 0 unspecified atom stereocenters. The van der Waals surface area contributed by atoms with E-state index in [1.165, 1.54) is 0 Å². The molecule has 0 aliphatic carbocycles. The summed E-state index contributed by atoms with van der Waals surface area (Å²) >= 11 is 0. The molecule has 2 aliphatic rings. The number of urea groups is 2. The number of carbonyl (C=O) groups is 2. The molecular formula is C16H22N4O6S2. The predicted molar refractivity (Wildman–Crippen MR) is 105 cm³/mol. The van der Waals surface area contributed by atoms with Crippen molar-refractivity contribution >= 4 is 43.1 Å². The molecule has 2 heterocycles. The summed E-state index contributed by atoms with van der Waals surface area (Å²) in [6.07, 6.45) is 0.727. The summed E-state index contributed by atoms with van der Waals surface area (Å²) < 4.78 is 45.9. The highest BCUT2D eigenvalue weighted by molar-refractivity contribution is 7.91. The molecule has 12 heteroatoms. The van der Waals surface area contributed by atoms with Gasteiger partial charge in [-0.1, -0.05) is 12.1 Å². The van der Waals surface area contributed by atoms with Crippen molar-refractivity contribution in [2.45, 2.75) is 24.9 Å². The lowest BCUT2D eigenvalue weighted by Gasteiger charge is -2.16. The van der Waals surface area contributed by atoms with Crippen molar-refractivity contribution in [3.05, 3.63) is 24.3 Å². The minimum atomic E-state index is -3.11. The van der Waals surface area contributed by atoms with Crippen LogP contribution in [0, 0.1) is 0 Å². The maximum Gasteiger partial charge on any atom is 0.319 e. The summed E-state index contributed by atoms with van der Waals surface area (Å²) in [7, 11) is -6.22. The first-order chi connectivity index (χ1) is 13.1. The average Bonchev–Trinajstić information content (AvgIpc) is 3.10. The first-order valence-corrected chi connectivity index (χ1v) is 12.4. The van der Waals surface area contributed by atoms with Crippen LogP contribution in [-0.4, -0.2) is 64.0 Å². The Balaban J connectivity index is 1.56. The highest BCUT2D eigenvalue weighted by Gasteiger charge is 2.30. The van der Waals surface area contributed by atoms with Gasteiger partial charge in [0, 0.05) is 12.1 Å². The molecule has 2 saturated heterocycles. The number of hydrogen-bond acceptors (Lipinski definition) is 6. The Labute approximate surface area is 163 Å². The standard InChI is InChI=1S/C16H22N4O6S2/c21-15(17-11-5-7-27(23,24)9-11)19-13-3-1-2-4-14(13)20-16(22)18-12-6-8-28(25,26)10-12/h1-4,11-12H,5-10H2,(H2,17,19,21)(H2,18,20,22)/t11-,12-/m0/s1. The fraction of sp³-hybridized carbons (Fsp3) is 0.500. The van der Waals surface area contributed by atoms with Crippen molar-refractivity contribution in [3.8, 4) is 0 Å². The van der Waals surface area contributed by atoms with Crippen LogP contribution < -0.4 is 21.3 Å². The van der Waals surface area contributed by atoms with Crippen LogP contribution >= 0.6 is 0 Å². The Bertz CT molecular complexity index is 898. The van der Waals surface area contributed by atoms with Crippen LogP contribution in [0.25, 0.3) is 0 Å². The molecule has 0 radical (unpaired) electrons. The summed E-state index contributed by atoms with van der Waals surface area (Å²) in [5, 5.41) is 10.4. The van der Waals surface area contributed by atoms with E-state index in [0.717, 1.165) is 0 Å². The number of benzene rings is 1. The molecule has 154 valence electrons. The van der Waals surface area contributed by atoms with Gasteiger partial charge in [-0.3, -0.25) is 0 Å². The highest BCUT2D eigenvalue weighted by Crippen LogP contribution is 2.21. The molecule has 10 nitrogen and oxygen atoms in total. The van der Waals surface area contributed by atoms with Crippen LogP contribution in [0.1, 0.15) is 12.8 Å². The van der Waals surface area contributed by atoms with Crippen molar-refractivity contribution in [1.29, 1.82) is 0 Å². The predicted octanol–water partition coefficient (Wildman–Crippen LogP) is 0.304. The quantitative estimate of drug-likeness (QED) is 0.540. The van der Waals surface area contributed by atoms with Gasteiger partial charge in [-0.25, -0.2) is 26.4 Å². The number of rotatable bonds is 4. The van der Waals surface area contributed by atoms with Crippen molar-refractivity contribution in [2.75, 3.05) is 33.6 Å². The molecule has 4 amide bonds. The molecule has 2 fully saturated rings. The van der Waals surface area contributed by atoms with E-state index in [9.17, 15) is 26.4 Å². The van der Waals surface area contributed by atoms with Crippen LogP contribution in [0.3, 0.4) is 0 Å². The Morgan fingerprint density at radius 3 is 1.46 bits per heavy atom. The minimum Gasteiger partial charge on any atom is -0.334 e. The number of para-hydroxylation sites is 2. The number of nitrogens with one attached hydrogen (secondary N) is 4. The van der Waals surface area contributed by atoms with Crippen LogP contribution in [0.5, 0.6) is 0 Å². The lowest BCUT2D eigenvalue weighted by Crippen LogP contribution is -2.40. The molecular weight excluding hydrogens is 408 g/mol. The van der Waals surface area contributed by atoms with Gasteiger partial charge in [0.15, 0.2) is 19.7 Å². The Morgan fingerprint density at radius 2 is 1.14 bits per heavy atom. The van der Waals surface area contributed by atoms with Gasteiger partial charge in [-0.2, -0.15) is 0 Å². The molecule has 4 N–H and O–H groups in total. The van der Waals surface area contributed by atoms with Crippen molar-refractivity contribution < 1.29 is 26.4 Å². The third-order valence-corrected chi connectivity index (χ3v) is 8.09. The molecule has 3 rings (SSSR count). The zero-order valence-corrected chi connectivity index (χ0v) is 16.6. The molecule has 2 atom stereocenters. The first kappa shape index (κ1) is 20.4. The van der Waals surface area contributed by atoms with Gasteiger partial charge < -0.3 is 21.3 Å². The van der Waals surface area contributed by atoms with E-state index < -0.39 is 43.8 Å². The van der Waals surface area contributed by atoms with E-state index in [1.807, 2.05) is 0 Å². The second-order valence-electron chi connectivity index (χ2n) is 6.94. The number of anilines is 2. The third-order valence-electron chi connectivity index (χ3n) is 4.56. The van der Waals surface area contributed by atoms with Crippen molar-refractivity contribution in [3.63, 3.8) is 0 Å². The fourth-order valence-corrected chi connectivity index (χ4v) is 6.55. The zero-order valence-electron chi connectivity index (χ0n) is 15.0. The van der Waals surface area contributed by atoms with Crippen LogP contribution in [0.4, 0.5) is 21.0 Å². The van der Waals surface area contributed by atoms with Gasteiger partial charge in [-0.05, 0) is 25.0 Å². The lowest BCUT2D eigenvalue weighted by atomic mass is 10.2. The zero-order chi connectivity index (χ0) is 20.4. The van der Waals surface area contributed by atoms with Gasteiger partial charge >= 0.3 is 12.1 Å². The van der Waals surface area contributed by atoms with E-state index in [0.29, 0.717) is 24.2 Å². The molecule has 1 aromatic rings. The average molecular weight is 431 g/mol. The van der Waals surface area contributed by atoms with E-state index in [4.69, 9.17) is 0 Å². The summed E-state index contributed by atoms with van der Waals surface area (Å²) in [5.41, 5.74) is 0.657. The summed E-state index contributed by atoms with van der Waals surface area (Å²) in [6.45, 7) is 0. The van der Waals surface area contributed by atoms with Gasteiger partial charge in [0.05, 0.1) is 34.4 Å². The SMILES string of the molecule is O=C(Nc1ccccc1NC(=O)N[C@H]1CCS(=O)(=O)C1)N[C@H]1CCS(=O)(=O)C1. The third kappa shape index (κ3) is 5.58. The summed E-state index contributed by atoms with van der Waals surface area (Å²) in [6, 6.07) is 4.47. The summed E-state index contributed by atoms with van der Waals surface area (Å²) in [5.74, 6) is -0.0830. The van der Waals surface area contributed by atoms with Crippen LogP contribution in [0.15, 0.2) is 24.3 Å². The monoisotopic (exact) mass is 430 g/mol. The largest absolute Gasteiger partial charge is 0.334 e. The van der Waals surface area contributed by atoms with Crippen LogP contribution in [0.2, 0.25) is 0 Å². The minimum absolute atomic E-state index is 0.0488. The first-order valence-electron chi connectivity index (χ1n) is 8.77. The summed E-state index contributed by atoms with van der Waals surface area (Å²) in [4.78, 5) is 24.3. The second-order valence-corrected chi connectivity index (χ2v) is 11.4. The number of amides is 4. The molecule has 0 aromatic heterocycles. The highest BCUT2D eigenvalue weighted by atomic mass is 32.2. The fourth-order valence-electron chi connectivity index (χ4n) is 3.21. The smallest absolute Gasteiger partial charge is 0.319 e. The van der Waals surface area contributed by atoms with Gasteiger partial charge in [0.1, 0.15) is 0 Å². The van der Waals surface area contributed by atoms with E-state index in [2.05, 4.69) is 21.3 Å². The van der Waals surface area contributed by atoms with Gasteiger partial charge in [0.25, 0.3) is 0 Å². The van der Waals surface area contributed by atoms with E-state index >= 15 is 0 Å². The number of carbonyl (C=O) groups excluding carboxylic acids is 2. The second kappa shape index (κ2) is 7.95. The Hall–Kier alpha value is -2.34. The Kier molecular flexibility index (Phi) is 5.79. The van der Waals surface area contributed by atoms with Gasteiger partial charge in [-0.15, -0.1) is 0 Å². The van der Waals surface area contributed by atoms with Crippen molar-refractivity contribution in [2.24, 2.45) is 0 Å². The maximum absolute atomic E-state index is 12.2. The molecule has 0 spiro atoms. The maximum atomic E-state index is 12.2. The molecule has 28 heavy (non-hydrogen) atoms. The van der Waals surface area contributed by atoms with E-state index in [-0.39, 0.29) is 23.0 Å². The normalized spacial score (nSPS) is 25.0. The molecule has 0 saturated carbocycles. The molecule has 2 aliphatic heterocycles. The molecule has 1 aromatic carbocycles. The van der Waals surface area contributed by atoms with Gasteiger partial charge in [0.2, 0.25) is 0 Å². The van der Waals surface area contributed by atoms with E-state index in [1.54, 1.807) is 24.3 Å².